The van der Waals surface area contributed by atoms with Gasteiger partial charge < -0.3 is 9.41 Å². The Morgan fingerprint density at radius 3 is 2.70 bits per heavy atom. The van der Waals surface area contributed by atoms with E-state index in [2.05, 4.69) is 40.7 Å². The Kier molecular flexibility index (Phi) is 4.39. The molecule has 0 aliphatic carbocycles. The summed E-state index contributed by atoms with van der Waals surface area (Å²) in [6.45, 7) is 9.15. The topological polar surface area (TPSA) is 50.3 Å². The number of aromatic nitrogens is 2. The second-order valence-corrected chi connectivity index (χ2v) is 10.1. The minimum absolute atomic E-state index is 0.617. The summed E-state index contributed by atoms with van der Waals surface area (Å²) >= 11 is 0. The number of aliphatic imine (C=N–C) groups is 1. The first-order valence-electron chi connectivity index (χ1n) is 6.72. The number of nitrogens with zero attached hydrogens (tertiary/aromatic N) is 2. The van der Waals surface area contributed by atoms with E-state index in [1.807, 2.05) is 25.1 Å². The summed E-state index contributed by atoms with van der Waals surface area (Å²) in [5.41, 5.74) is 3.02. The van der Waals surface area contributed by atoms with Gasteiger partial charge in [0.2, 0.25) is 8.32 Å². The van der Waals surface area contributed by atoms with Crippen LogP contribution in [0.25, 0.3) is 0 Å². The predicted molar refractivity (Wildman–Crippen MR) is 84.9 cm³/mol. The number of imidazole rings is 1. The molecule has 0 fully saturated rings. The Balaban J connectivity index is 2.16. The van der Waals surface area contributed by atoms with E-state index in [4.69, 9.17) is 4.43 Å². The van der Waals surface area contributed by atoms with Crippen molar-refractivity contribution in [1.82, 2.24) is 9.97 Å². The van der Waals surface area contributed by atoms with Gasteiger partial charge in [0, 0.05) is 5.56 Å². The lowest BCUT2D eigenvalue weighted by Gasteiger charge is -2.21. The van der Waals surface area contributed by atoms with E-state index in [0.717, 1.165) is 22.7 Å². The Morgan fingerprint density at radius 1 is 1.30 bits per heavy atom. The second-order valence-electron chi connectivity index (χ2n) is 5.69. The zero-order chi connectivity index (χ0) is 14.6. The lowest BCUT2D eigenvalue weighted by Crippen LogP contribution is -2.29. The van der Waals surface area contributed by atoms with Crippen molar-refractivity contribution >= 4 is 14.0 Å². The van der Waals surface area contributed by atoms with Gasteiger partial charge in [-0.1, -0.05) is 18.2 Å². The number of benzene rings is 1. The predicted octanol–water partition coefficient (Wildman–Crippen LogP) is 3.63. The van der Waals surface area contributed by atoms with Gasteiger partial charge in [0.15, 0.2) is 0 Å². The summed E-state index contributed by atoms with van der Waals surface area (Å²) in [6, 6.07) is 8.12. The zero-order valence-electron chi connectivity index (χ0n) is 12.5. The van der Waals surface area contributed by atoms with Crippen LogP contribution in [-0.2, 0) is 6.54 Å². The van der Waals surface area contributed by atoms with Crippen LogP contribution in [0.5, 0.6) is 5.75 Å². The molecular formula is C15H21N3OSi. The maximum atomic E-state index is 6.11. The molecule has 0 amide bonds. The van der Waals surface area contributed by atoms with Gasteiger partial charge in [0.25, 0.3) is 0 Å². The first-order chi connectivity index (χ1) is 9.46. The normalized spacial score (nSPS) is 12.5. The van der Waals surface area contributed by atoms with Crippen molar-refractivity contribution in [3.63, 3.8) is 0 Å². The van der Waals surface area contributed by atoms with E-state index in [1.165, 1.54) is 0 Å². The van der Waals surface area contributed by atoms with Crippen LogP contribution in [0, 0.1) is 0 Å². The molecule has 1 aromatic heterocycles. The molecule has 0 atom stereocenters. The monoisotopic (exact) mass is 287 g/mol. The number of aromatic amines is 1. The van der Waals surface area contributed by atoms with E-state index in [-0.39, 0.29) is 0 Å². The highest BCUT2D eigenvalue weighted by Crippen LogP contribution is 2.22. The van der Waals surface area contributed by atoms with Gasteiger partial charge in [-0.25, -0.2) is 4.98 Å². The van der Waals surface area contributed by atoms with Crippen molar-refractivity contribution in [2.75, 3.05) is 0 Å². The standard InChI is InChI=1S/C15H21N3OSi/c1-12(14-10-16-11-18-14)17-9-13-7-5-6-8-15(13)19-20(2,3)4/h5-8,10-11H,9H2,1-4H3,(H,16,18). The summed E-state index contributed by atoms with van der Waals surface area (Å²) in [5.74, 6) is 0.952. The molecule has 5 heteroatoms. The second kappa shape index (κ2) is 6.05. The van der Waals surface area contributed by atoms with Crippen molar-refractivity contribution in [3.05, 3.63) is 48.0 Å². The smallest absolute Gasteiger partial charge is 0.242 e. The Morgan fingerprint density at radius 2 is 2.05 bits per heavy atom. The average molecular weight is 287 g/mol. The highest BCUT2D eigenvalue weighted by atomic mass is 28.4. The highest BCUT2D eigenvalue weighted by Gasteiger charge is 2.17. The SMILES string of the molecule is CC(=NCc1ccccc1O[Si](C)(C)C)c1cnc[nH]1. The molecule has 1 N–H and O–H groups in total. The molecule has 0 unspecified atom stereocenters. The van der Waals surface area contributed by atoms with Crippen molar-refractivity contribution in [3.8, 4) is 5.75 Å². The molecule has 2 aromatic rings. The molecule has 20 heavy (non-hydrogen) atoms. The van der Waals surface area contributed by atoms with Crippen molar-refractivity contribution in [2.45, 2.75) is 33.1 Å². The number of hydrogen-bond acceptors (Lipinski definition) is 3. The van der Waals surface area contributed by atoms with Gasteiger partial charge in [-0.3, -0.25) is 4.99 Å². The summed E-state index contributed by atoms with van der Waals surface area (Å²) < 4.78 is 6.11. The number of para-hydroxylation sites is 1. The lowest BCUT2D eigenvalue weighted by atomic mass is 10.2. The fraction of sp³-hybridized carbons (Fsp3) is 0.333. The summed E-state index contributed by atoms with van der Waals surface area (Å²) in [4.78, 5) is 11.7. The molecule has 2 rings (SSSR count). The molecular weight excluding hydrogens is 266 g/mol. The number of nitrogens with one attached hydrogen (secondary N) is 1. The summed E-state index contributed by atoms with van der Waals surface area (Å²) in [7, 11) is -1.60. The van der Waals surface area contributed by atoms with Gasteiger partial charge in [-0.05, 0) is 32.6 Å². The third-order valence-corrected chi connectivity index (χ3v) is 3.60. The van der Waals surface area contributed by atoms with Crippen LogP contribution in [0.15, 0.2) is 41.8 Å². The van der Waals surface area contributed by atoms with Gasteiger partial charge >= 0.3 is 0 Å². The maximum Gasteiger partial charge on any atom is 0.242 e. The fourth-order valence-corrected chi connectivity index (χ4v) is 2.67. The minimum atomic E-state index is -1.60. The van der Waals surface area contributed by atoms with Gasteiger partial charge in [-0.15, -0.1) is 0 Å². The zero-order valence-corrected chi connectivity index (χ0v) is 13.5. The van der Waals surface area contributed by atoms with E-state index in [0.29, 0.717) is 6.54 Å². The minimum Gasteiger partial charge on any atom is -0.544 e. The largest absolute Gasteiger partial charge is 0.544 e. The van der Waals surface area contributed by atoms with E-state index >= 15 is 0 Å². The first kappa shape index (κ1) is 14.5. The first-order valence-corrected chi connectivity index (χ1v) is 10.1. The van der Waals surface area contributed by atoms with E-state index in [9.17, 15) is 0 Å². The van der Waals surface area contributed by atoms with Crippen LogP contribution >= 0.6 is 0 Å². The van der Waals surface area contributed by atoms with Crippen molar-refractivity contribution in [1.29, 1.82) is 0 Å². The van der Waals surface area contributed by atoms with Crippen LogP contribution in [0.1, 0.15) is 18.2 Å². The molecule has 0 bridgehead atoms. The lowest BCUT2D eigenvalue weighted by molar-refractivity contribution is 0.549. The average Bonchev–Trinajstić information content (AvgIpc) is 2.89. The molecule has 1 heterocycles. The molecule has 0 spiro atoms. The third kappa shape index (κ3) is 4.06. The Hall–Kier alpha value is -1.88. The number of H-pyrrole nitrogens is 1. The summed E-state index contributed by atoms with van der Waals surface area (Å²) in [5, 5.41) is 0. The molecule has 0 aliphatic rings. The molecule has 0 saturated heterocycles. The van der Waals surface area contributed by atoms with Crippen molar-refractivity contribution < 1.29 is 4.43 Å². The Bertz CT molecular complexity index is 585. The maximum absolute atomic E-state index is 6.11. The van der Waals surface area contributed by atoms with Crippen LogP contribution in [0.4, 0.5) is 0 Å². The van der Waals surface area contributed by atoms with E-state index < -0.39 is 8.32 Å². The molecule has 1 aromatic carbocycles. The van der Waals surface area contributed by atoms with Gasteiger partial charge in [0.1, 0.15) is 5.75 Å². The molecule has 106 valence electrons. The van der Waals surface area contributed by atoms with Crippen molar-refractivity contribution in [2.24, 2.45) is 4.99 Å². The molecule has 0 radical (unpaired) electrons. The fourth-order valence-electron chi connectivity index (χ4n) is 1.81. The third-order valence-electron chi connectivity index (χ3n) is 2.76. The Labute approximate surface area is 121 Å². The quantitative estimate of drug-likeness (QED) is 0.674. The van der Waals surface area contributed by atoms with Crippen LogP contribution < -0.4 is 4.43 Å². The summed E-state index contributed by atoms with van der Waals surface area (Å²) in [6.07, 6.45) is 3.44. The number of rotatable bonds is 5. The highest BCUT2D eigenvalue weighted by molar-refractivity contribution is 6.70. The van der Waals surface area contributed by atoms with Gasteiger partial charge in [-0.2, -0.15) is 0 Å². The van der Waals surface area contributed by atoms with E-state index in [1.54, 1.807) is 12.5 Å². The van der Waals surface area contributed by atoms with Crippen LogP contribution in [0.2, 0.25) is 19.6 Å². The van der Waals surface area contributed by atoms with Gasteiger partial charge in [0.05, 0.1) is 30.5 Å². The molecule has 4 nitrogen and oxygen atoms in total. The van der Waals surface area contributed by atoms with Crippen LogP contribution in [0.3, 0.4) is 0 Å². The van der Waals surface area contributed by atoms with Crippen LogP contribution in [-0.4, -0.2) is 24.0 Å². The molecule has 0 saturated carbocycles. The molecule has 0 aliphatic heterocycles. The number of hydrogen-bond donors (Lipinski definition) is 1.